The quantitative estimate of drug-likeness (QED) is 0.589. The van der Waals surface area contributed by atoms with E-state index in [-0.39, 0.29) is 11.1 Å². The number of halogens is 3. The Bertz CT molecular complexity index is 622. The summed E-state index contributed by atoms with van der Waals surface area (Å²) < 4.78 is 38.5. The van der Waals surface area contributed by atoms with Crippen LogP contribution in [0.4, 0.5) is 18.9 Å². The van der Waals surface area contributed by atoms with Crippen molar-refractivity contribution in [3.63, 3.8) is 0 Å². The minimum Gasteiger partial charge on any atom is -0.477 e. The molecule has 0 saturated heterocycles. The van der Waals surface area contributed by atoms with Crippen LogP contribution in [0.15, 0.2) is 17.8 Å². The van der Waals surface area contributed by atoms with Gasteiger partial charge in [-0.3, -0.25) is 4.79 Å². The Morgan fingerprint density at radius 1 is 1.33 bits per heavy atom. The third kappa shape index (κ3) is 4.23. The van der Waals surface area contributed by atoms with Gasteiger partial charge >= 0.3 is 12.1 Å². The van der Waals surface area contributed by atoms with Gasteiger partial charge in [0.05, 0.1) is 5.56 Å². The van der Waals surface area contributed by atoms with Crippen LogP contribution in [0.1, 0.15) is 23.6 Å². The predicted molar refractivity (Wildman–Crippen MR) is 70.0 cm³/mol. The van der Waals surface area contributed by atoms with Crippen LogP contribution in [0.3, 0.4) is 0 Å². The number of benzene rings is 1. The standard InChI is InChI=1S/C13H13F3N2O3/c1-6-3-8(4-9(11(6)17)13(14,15)16)5-10(12(20)21)18-7(2)19/h3-5H,17H2,1-2H3,(H,18,19)(H,20,21)/b10-5+. The summed E-state index contributed by atoms with van der Waals surface area (Å²) in [4.78, 5) is 21.8. The molecule has 0 heterocycles. The van der Waals surface area contributed by atoms with Gasteiger partial charge in [-0.2, -0.15) is 13.2 Å². The van der Waals surface area contributed by atoms with E-state index < -0.39 is 35.0 Å². The molecule has 1 rings (SSSR count). The molecule has 4 N–H and O–H groups in total. The number of rotatable bonds is 3. The summed E-state index contributed by atoms with van der Waals surface area (Å²) in [6.45, 7) is 2.47. The first-order valence-electron chi connectivity index (χ1n) is 5.72. The maximum Gasteiger partial charge on any atom is 0.418 e. The molecule has 0 fully saturated rings. The first-order chi connectivity index (χ1) is 9.52. The lowest BCUT2D eigenvalue weighted by Crippen LogP contribution is -2.24. The molecule has 5 nitrogen and oxygen atoms in total. The van der Waals surface area contributed by atoms with Gasteiger partial charge in [0.25, 0.3) is 0 Å². The molecule has 0 saturated carbocycles. The van der Waals surface area contributed by atoms with Crippen molar-refractivity contribution in [2.75, 3.05) is 5.73 Å². The second kappa shape index (κ2) is 5.86. The van der Waals surface area contributed by atoms with Crippen molar-refractivity contribution in [2.24, 2.45) is 0 Å². The van der Waals surface area contributed by atoms with Gasteiger partial charge in [0.1, 0.15) is 5.70 Å². The molecule has 0 atom stereocenters. The van der Waals surface area contributed by atoms with Crippen molar-refractivity contribution in [3.05, 3.63) is 34.5 Å². The number of nitrogens with one attached hydrogen (secondary N) is 1. The summed E-state index contributed by atoms with van der Waals surface area (Å²) >= 11 is 0. The van der Waals surface area contributed by atoms with Gasteiger partial charge in [-0.25, -0.2) is 4.79 Å². The van der Waals surface area contributed by atoms with E-state index >= 15 is 0 Å². The van der Waals surface area contributed by atoms with Gasteiger partial charge in [0.15, 0.2) is 0 Å². The smallest absolute Gasteiger partial charge is 0.418 e. The molecule has 8 heteroatoms. The first-order valence-corrected chi connectivity index (χ1v) is 5.72. The summed E-state index contributed by atoms with van der Waals surface area (Å²) in [5.74, 6) is -2.11. The number of carbonyl (C=O) groups is 2. The summed E-state index contributed by atoms with van der Waals surface area (Å²) in [6, 6.07) is 2.03. The van der Waals surface area contributed by atoms with E-state index in [1.807, 2.05) is 5.32 Å². The van der Waals surface area contributed by atoms with Gasteiger partial charge in [-0.15, -0.1) is 0 Å². The topological polar surface area (TPSA) is 92.4 Å². The van der Waals surface area contributed by atoms with Crippen LogP contribution in [0.25, 0.3) is 6.08 Å². The molecule has 1 aromatic carbocycles. The molecule has 0 bridgehead atoms. The molecule has 0 spiro atoms. The Labute approximate surface area is 118 Å². The lowest BCUT2D eigenvalue weighted by molar-refractivity contribution is -0.137. The van der Waals surface area contributed by atoms with Crippen molar-refractivity contribution in [1.29, 1.82) is 0 Å². The van der Waals surface area contributed by atoms with Crippen LogP contribution >= 0.6 is 0 Å². The summed E-state index contributed by atoms with van der Waals surface area (Å²) in [6.07, 6.45) is -3.72. The van der Waals surface area contributed by atoms with E-state index in [0.717, 1.165) is 19.1 Å². The second-order valence-corrected chi connectivity index (χ2v) is 4.34. The fourth-order valence-corrected chi connectivity index (χ4v) is 1.65. The highest BCUT2D eigenvalue weighted by molar-refractivity contribution is 5.96. The highest BCUT2D eigenvalue weighted by atomic mass is 19.4. The highest BCUT2D eigenvalue weighted by Crippen LogP contribution is 2.36. The van der Waals surface area contributed by atoms with Gasteiger partial charge in [0.2, 0.25) is 5.91 Å². The summed E-state index contributed by atoms with van der Waals surface area (Å²) in [5.41, 5.74) is 3.51. The van der Waals surface area contributed by atoms with Crippen LogP contribution in [0, 0.1) is 6.92 Å². The Kier molecular flexibility index (Phi) is 4.62. The van der Waals surface area contributed by atoms with Crippen molar-refractivity contribution in [3.8, 4) is 0 Å². The third-order valence-corrected chi connectivity index (χ3v) is 2.57. The van der Waals surface area contributed by atoms with Gasteiger partial charge in [-0.05, 0) is 36.3 Å². The highest BCUT2D eigenvalue weighted by Gasteiger charge is 2.33. The number of hydrogen-bond donors (Lipinski definition) is 3. The molecular weight excluding hydrogens is 289 g/mol. The number of carboxylic acids is 1. The number of nitrogen functional groups attached to an aromatic ring is 1. The van der Waals surface area contributed by atoms with Gasteiger partial charge in [-0.1, -0.05) is 0 Å². The number of anilines is 1. The number of nitrogens with two attached hydrogens (primary N) is 1. The Hall–Kier alpha value is -2.51. The number of hydrogen-bond acceptors (Lipinski definition) is 3. The normalized spacial score (nSPS) is 12.1. The van der Waals surface area contributed by atoms with E-state index in [4.69, 9.17) is 10.8 Å². The molecule has 0 radical (unpaired) electrons. The molecule has 0 aliphatic rings. The zero-order chi connectivity index (χ0) is 16.4. The summed E-state index contributed by atoms with van der Waals surface area (Å²) in [5, 5.41) is 10.9. The molecule has 0 unspecified atom stereocenters. The SMILES string of the molecule is CC(=O)N/C(=C/c1cc(C)c(N)c(C(F)(F)F)c1)C(=O)O. The predicted octanol–water partition coefficient (Wildman–Crippen LogP) is 2.16. The zero-order valence-corrected chi connectivity index (χ0v) is 11.2. The molecule has 1 amide bonds. The fourth-order valence-electron chi connectivity index (χ4n) is 1.65. The minimum atomic E-state index is -4.66. The summed E-state index contributed by atoms with van der Waals surface area (Å²) in [7, 11) is 0. The van der Waals surface area contributed by atoms with Crippen LogP contribution < -0.4 is 11.1 Å². The number of alkyl halides is 3. The Morgan fingerprint density at radius 3 is 2.33 bits per heavy atom. The number of aliphatic carboxylic acids is 1. The first kappa shape index (κ1) is 16.5. The van der Waals surface area contributed by atoms with Gasteiger partial charge < -0.3 is 16.2 Å². The fraction of sp³-hybridized carbons (Fsp3) is 0.231. The molecule has 1 aromatic rings. The van der Waals surface area contributed by atoms with Crippen LogP contribution in [-0.4, -0.2) is 17.0 Å². The number of carbonyl (C=O) groups excluding carboxylic acids is 1. The van der Waals surface area contributed by atoms with E-state index in [0.29, 0.717) is 0 Å². The van der Waals surface area contributed by atoms with Crippen molar-refractivity contribution < 1.29 is 27.9 Å². The molecule has 0 aliphatic carbocycles. The molecule has 0 aromatic heterocycles. The van der Waals surface area contributed by atoms with Gasteiger partial charge in [0, 0.05) is 12.6 Å². The molecule has 114 valence electrons. The van der Waals surface area contributed by atoms with Crippen LogP contribution in [0.5, 0.6) is 0 Å². The zero-order valence-electron chi connectivity index (χ0n) is 11.2. The van der Waals surface area contributed by atoms with Crippen LogP contribution in [0.2, 0.25) is 0 Å². The average Bonchev–Trinajstić information content (AvgIpc) is 2.30. The largest absolute Gasteiger partial charge is 0.477 e. The molecular formula is C13H13F3N2O3. The Morgan fingerprint density at radius 2 is 1.90 bits per heavy atom. The molecule has 21 heavy (non-hydrogen) atoms. The van der Waals surface area contributed by atoms with E-state index in [1.165, 1.54) is 13.0 Å². The minimum absolute atomic E-state index is 0.0276. The van der Waals surface area contributed by atoms with Crippen molar-refractivity contribution in [1.82, 2.24) is 5.32 Å². The molecule has 0 aliphatic heterocycles. The monoisotopic (exact) mass is 302 g/mol. The van der Waals surface area contributed by atoms with E-state index in [1.54, 1.807) is 0 Å². The van der Waals surface area contributed by atoms with Crippen molar-refractivity contribution in [2.45, 2.75) is 20.0 Å². The van der Waals surface area contributed by atoms with Crippen molar-refractivity contribution >= 4 is 23.6 Å². The number of aryl methyl sites for hydroxylation is 1. The van der Waals surface area contributed by atoms with Crippen LogP contribution in [-0.2, 0) is 15.8 Å². The lowest BCUT2D eigenvalue weighted by atomic mass is 10.0. The van der Waals surface area contributed by atoms with E-state index in [2.05, 4.69) is 0 Å². The van der Waals surface area contributed by atoms with E-state index in [9.17, 15) is 22.8 Å². The maximum atomic E-state index is 12.8. The number of carboxylic acid groups (broad SMARTS) is 1. The maximum absolute atomic E-state index is 12.8. The second-order valence-electron chi connectivity index (χ2n) is 4.34. The third-order valence-electron chi connectivity index (χ3n) is 2.57. The number of amides is 1. The average molecular weight is 302 g/mol. The Balaban J connectivity index is 3.40. The lowest BCUT2D eigenvalue weighted by Gasteiger charge is -2.13.